The molecule has 1 aliphatic rings. The van der Waals surface area contributed by atoms with Crippen molar-refractivity contribution in [1.82, 2.24) is 4.90 Å². The Morgan fingerprint density at radius 1 is 1.22 bits per heavy atom. The van der Waals surface area contributed by atoms with E-state index in [-0.39, 0.29) is 10.6 Å². The van der Waals surface area contributed by atoms with Crippen molar-refractivity contribution in [2.75, 3.05) is 18.5 Å². The van der Waals surface area contributed by atoms with Crippen molar-refractivity contribution in [3.63, 3.8) is 0 Å². The van der Waals surface area contributed by atoms with E-state index in [0.29, 0.717) is 39.6 Å². The number of anilines is 1. The molecule has 2 aromatic carbocycles. The van der Waals surface area contributed by atoms with Gasteiger partial charge in [-0.2, -0.15) is 13.2 Å². The fourth-order valence-electron chi connectivity index (χ4n) is 2.81. The molecule has 0 bridgehead atoms. The maximum atomic E-state index is 12.8. The van der Waals surface area contributed by atoms with Gasteiger partial charge in [0.15, 0.2) is 0 Å². The number of nitrogens with zero attached hydrogens (tertiary/aromatic N) is 1. The lowest BCUT2D eigenvalue weighted by molar-refractivity contribution is -0.137. The molecule has 168 valence electrons. The van der Waals surface area contributed by atoms with Gasteiger partial charge in [0.2, 0.25) is 5.91 Å². The number of benzene rings is 2. The molecule has 0 unspecified atom stereocenters. The van der Waals surface area contributed by atoms with Crippen molar-refractivity contribution in [1.29, 1.82) is 0 Å². The molecule has 6 nitrogen and oxygen atoms in total. The highest BCUT2D eigenvalue weighted by Crippen LogP contribution is 2.35. The quantitative estimate of drug-likeness (QED) is 0.553. The van der Waals surface area contributed by atoms with E-state index in [0.717, 1.165) is 18.2 Å². The van der Waals surface area contributed by atoms with Gasteiger partial charge in [-0.15, -0.1) is 0 Å². The topological polar surface area (TPSA) is 75.7 Å². The van der Waals surface area contributed by atoms with Gasteiger partial charge in [-0.05, 0) is 61.2 Å². The van der Waals surface area contributed by atoms with Crippen LogP contribution in [0.4, 0.5) is 23.7 Å². The van der Waals surface area contributed by atoms with E-state index in [1.807, 2.05) is 0 Å². The molecule has 0 spiro atoms. The van der Waals surface area contributed by atoms with Crippen molar-refractivity contribution in [3.8, 4) is 5.75 Å². The Morgan fingerprint density at radius 3 is 2.66 bits per heavy atom. The molecule has 0 atom stereocenters. The Hall–Kier alpha value is -2.98. The van der Waals surface area contributed by atoms with E-state index < -0.39 is 35.3 Å². The number of amides is 3. The van der Waals surface area contributed by atoms with Crippen LogP contribution in [-0.4, -0.2) is 35.1 Å². The lowest BCUT2D eigenvalue weighted by atomic mass is 10.2. The molecule has 1 fully saturated rings. The van der Waals surface area contributed by atoms with Crippen molar-refractivity contribution in [2.24, 2.45) is 0 Å². The number of carbonyl (C=O) groups is 3. The van der Waals surface area contributed by atoms with Gasteiger partial charge in [-0.25, -0.2) is 0 Å². The van der Waals surface area contributed by atoms with Crippen LogP contribution in [0, 0.1) is 0 Å². The zero-order chi connectivity index (χ0) is 23.5. The van der Waals surface area contributed by atoms with Crippen LogP contribution in [-0.2, 0) is 15.8 Å². The Kier molecular flexibility index (Phi) is 7.15. The molecule has 0 radical (unpaired) electrons. The molecule has 1 heterocycles. The highest BCUT2D eigenvalue weighted by atomic mass is 35.5. The molecule has 32 heavy (non-hydrogen) atoms. The van der Waals surface area contributed by atoms with Crippen LogP contribution in [0.5, 0.6) is 5.75 Å². The Morgan fingerprint density at radius 2 is 1.97 bits per heavy atom. The van der Waals surface area contributed by atoms with Crippen LogP contribution >= 0.6 is 23.4 Å². The van der Waals surface area contributed by atoms with Gasteiger partial charge in [0.1, 0.15) is 12.3 Å². The molecule has 1 N–H and O–H groups in total. The summed E-state index contributed by atoms with van der Waals surface area (Å²) >= 11 is 6.64. The maximum Gasteiger partial charge on any atom is 0.416 e. The second-order valence-corrected chi connectivity index (χ2v) is 7.94. The Balaban J connectivity index is 1.74. The summed E-state index contributed by atoms with van der Waals surface area (Å²) in [6, 6.07) is 8.86. The number of rotatable bonds is 6. The first-order valence-corrected chi connectivity index (χ1v) is 10.4. The predicted octanol–water partition coefficient (Wildman–Crippen LogP) is 5.43. The van der Waals surface area contributed by atoms with Crippen LogP contribution in [0.25, 0.3) is 6.08 Å². The van der Waals surface area contributed by atoms with Crippen molar-refractivity contribution >= 4 is 52.2 Å². The smallest absolute Gasteiger partial charge is 0.416 e. The summed E-state index contributed by atoms with van der Waals surface area (Å²) < 4.78 is 44.0. The third-order valence-electron chi connectivity index (χ3n) is 4.21. The summed E-state index contributed by atoms with van der Waals surface area (Å²) in [7, 11) is 0. The van der Waals surface area contributed by atoms with Gasteiger partial charge in [0, 0.05) is 16.3 Å². The average Bonchev–Trinajstić information content (AvgIpc) is 2.97. The van der Waals surface area contributed by atoms with Crippen LogP contribution in [0.15, 0.2) is 47.4 Å². The summed E-state index contributed by atoms with van der Waals surface area (Å²) in [5.41, 5.74) is -0.554. The number of halogens is 4. The molecular weight excluding hydrogens is 469 g/mol. The summed E-state index contributed by atoms with van der Waals surface area (Å²) in [5.74, 6) is -1.06. The van der Waals surface area contributed by atoms with Crippen molar-refractivity contribution < 1.29 is 32.3 Å². The summed E-state index contributed by atoms with van der Waals surface area (Å²) in [4.78, 5) is 38.0. The molecule has 1 saturated heterocycles. The fourth-order valence-corrected chi connectivity index (χ4v) is 3.82. The Bertz CT molecular complexity index is 1100. The highest BCUT2D eigenvalue weighted by Gasteiger charge is 2.36. The minimum absolute atomic E-state index is 0.0603. The van der Waals surface area contributed by atoms with E-state index in [4.69, 9.17) is 16.3 Å². The molecule has 11 heteroatoms. The van der Waals surface area contributed by atoms with E-state index >= 15 is 0 Å². The van der Waals surface area contributed by atoms with Crippen LogP contribution in [0.1, 0.15) is 18.1 Å². The monoisotopic (exact) mass is 484 g/mol. The second-order valence-electron chi connectivity index (χ2n) is 6.51. The van der Waals surface area contributed by atoms with Crippen molar-refractivity contribution in [2.45, 2.75) is 13.1 Å². The molecule has 3 amide bonds. The lowest BCUT2D eigenvalue weighted by Crippen LogP contribution is -2.36. The summed E-state index contributed by atoms with van der Waals surface area (Å²) in [6.45, 7) is 1.51. The zero-order valence-electron chi connectivity index (χ0n) is 16.5. The van der Waals surface area contributed by atoms with E-state index in [2.05, 4.69) is 5.32 Å². The van der Waals surface area contributed by atoms with Gasteiger partial charge in [0.05, 0.1) is 17.1 Å². The number of imide groups is 1. The van der Waals surface area contributed by atoms with E-state index in [1.165, 1.54) is 12.1 Å². The number of thioether (sulfide) groups is 1. The third-order valence-corrected chi connectivity index (χ3v) is 5.35. The number of hydrogen-bond donors (Lipinski definition) is 1. The van der Waals surface area contributed by atoms with E-state index in [9.17, 15) is 27.6 Å². The molecule has 0 saturated carbocycles. The number of nitrogens with one attached hydrogen (secondary N) is 1. The third kappa shape index (κ3) is 5.63. The minimum Gasteiger partial charge on any atom is -0.493 e. The lowest BCUT2D eigenvalue weighted by Gasteiger charge is -2.13. The SMILES string of the molecule is CCOc1ccc(Cl)cc1/C=C1\SC(=O)N(CC(=O)Nc2cccc(C(F)(F)F)c2)C1=O. The zero-order valence-corrected chi connectivity index (χ0v) is 18.1. The van der Waals surface area contributed by atoms with Crippen LogP contribution < -0.4 is 10.1 Å². The highest BCUT2D eigenvalue weighted by molar-refractivity contribution is 8.18. The van der Waals surface area contributed by atoms with Crippen LogP contribution in [0.3, 0.4) is 0 Å². The Labute approximate surface area is 190 Å². The number of carbonyl (C=O) groups excluding carboxylic acids is 3. The normalized spacial score (nSPS) is 15.4. The fraction of sp³-hybridized carbons (Fsp3) is 0.190. The van der Waals surface area contributed by atoms with Gasteiger partial charge in [-0.1, -0.05) is 17.7 Å². The van der Waals surface area contributed by atoms with Crippen LogP contribution in [0.2, 0.25) is 5.02 Å². The molecular formula is C21H16ClF3N2O4S. The minimum atomic E-state index is -4.57. The van der Waals surface area contributed by atoms with Crippen molar-refractivity contribution in [3.05, 3.63) is 63.5 Å². The second kappa shape index (κ2) is 9.66. The summed E-state index contributed by atoms with van der Waals surface area (Å²) in [6.07, 6.45) is -3.13. The predicted molar refractivity (Wildman–Crippen MR) is 115 cm³/mol. The number of hydrogen-bond acceptors (Lipinski definition) is 5. The maximum absolute atomic E-state index is 12.8. The largest absolute Gasteiger partial charge is 0.493 e. The van der Waals surface area contributed by atoms with E-state index in [1.54, 1.807) is 25.1 Å². The first-order valence-electron chi connectivity index (χ1n) is 9.23. The van der Waals surface area contributed by atoms with Gasteiger partial charge >= 0.3 is 6.18 Å². The molecule has 1 aliphatic heterocycles. The molecule has 0 aliphatic carbocycles. The summed E-state index contributed by atoms with van der Waals surface area (Å²) in [5, 5.41) is 1.99. The first kappa shape index (κ1) is 23.7. The molecule has 2 aromatic rings. The number of ether oxygens (including phenoxy) is 1. The van der Waals surface area contributed by atoms with Gasteiger partial charge in [-0.3, -0.25) is 19.3 Å². The van der Waals surface area contributed by atoms with Gasteiger partial charge in [0.25, 0.3) is 11.1 Å². The average molecular weight is 485 g/mol. The molecule has 0 aromatic heterocycles. The standard InChI is InChI=1S/C21H16ClF3N2O4S/c1-2-31-16-7-6-14(22)8-12(16)9-17-19(29)27(20(30)32-17)11-18(28)26-15-5-3-4-13(10-15)21(23,24)25/h3-10H,2,11H2,1H3,(H,26,28)/b17-9-. The number of alkyl halides is 3. The van der Waals surface area contributed by atoms with Gasteiger partial charge < -0.3 is 10.1 Å². The molecule has 3 rings (SSSR count). The first-order chi connectivity index (χ1) is 15.1.